The molecule has 0 aliphatic carbocycles. The van der Waals surface area contributed by atoms with Crippen LogP contribution in [-0.4, -0.2) is 68.1 Å². The summed E-state index contributed by atoms with van der Waals surface area (Å²) in [5.74, 6) is 0. The number of rotatable bonds is 5. The minimum absolute atomic E-state index is 0.122. The zero-order valence-corrected chi connectivity index (χ0v) is 10.1. The summed E-state index contributed by atoms with van der Waals surface area (Å²) in [4.78, 5) is 17.4. The molecule has 0 unspecified atom stereocenters. The number of urea groups is 1. The minimum Gasteiger partial charge on any atom is -0.326 e. The Morgan fingerprint density at radius 2 is 1.50 bits per heavy atom. The Bertz CT molecular complexity index is 167. The van der Waals surface area contributed by atoms with Crippen molar-refractivity contribution in [2.45, 2.75) is 13.8 Å². The van der Waals surface area contributed by atoms with Gasteiger partial charge in [-0.1, -0.05) is 0 Å². The van der Waals surface area contributed by atoms with Crippen LogP contribution in [0.5, 0.6) is 0 Å². The van der Waals surface area contributed by atoms with Gasteiger partial charge in [-0.15, -0.1) is 0 Å². The first-order valence-corrected chi connectivity index (χ1v) is 5.17. The van der Waals surface area contributed by atoms with E-state index in [2.05, 4.69) is 4.90 Å². The van der Waals surface area contributed by atoms with Crippen molar-refractivity contribution in [1.82, 2.24) is 14.7 Å². The molecule has 0 aliphatic heterocycles. The van der Waals surface area contributed by atoms with E-state index in [0.717, 1.165) is 26.2 Å². The van der Waals surface area contributed by atoms with Crippen molar-refractivity contribution in [3.63, 3.8) is 0 Å². The van der Waals surface area contributed by atoms with Crippen LogP contribution in [0.2, 0.25) is 0 Å². The molecule has 0 spiro atoms. The quantitative estimate of drug-likeness (QED) is 0.662. The van der Waals surface area contributed by atoms with Gasteiger partial charge >= 0.3 is 6.03 Å². The van der Waals surface area contributed by atoms with Crippen LogP contribution >= 0.6 is 0 Å². The highest BCUT2D eigenvalue weighted by Crippen LogP contribution is 1.96. The maximum Gasteiger partial charge on any atom is 0.319 e. The second kappa shape index (κ2) is 6.65. The van der Waals surface area contributed by atoms with E-state index >= 15 is 0 Å². The Hall–Kier alpha value is -0.770. The van der Waals surface area contributed by atoms with Crippen molar-refractivity contribution in [3.8, 4) is 0 Å². The summed E-state index contributed by atoms with van der Waals surface area (Å²) in [5.41, 5.74) is 0. The summed E-state index contributed by atoms with van der Waals surface area (Å²) < 4.78 is 0. The predicted octanol–water partition coefficient (Wildman–Crippen LogP) is 0.942. The summed E-state index contributed by atoms with van der Waals surface area (Å²) in [5, 5.41) is 0. The Balaban J connectivity index is 3.97. The highest BCUT2D eigenvalue weighted by molar-refractivity contribution is 5.74. The number of nitrogens with zero attached hydrogens (tertiary/aromatic N) is 3. The average molecular weight is 201 g/mol. The molecule has 84 valence electrons. The third kappa shape index (κ3) is 4.46. The Morgan fingerprint density at radius 3 is 1.86 bits per heavy atom. The molecule has 4 heteroatoms. The number of hydrogen-bond donors (Lipinski definition) is 0. The van der Waals surface area contributed by atoms with Crippen LogP contribution in [0.15, 0.2) is 0 Å². The fraction of sp³-hybridized carbons (Fsp3) is 0.900. The van der Waals surface area contributed by atoms with Crippen LogP contribution in [0.25, 0.3) is 0 Å². The lowest BCUT2D eigenvalue weighted by Gasteiger charge is -2.27. The second-order valence-corrected chi connectivity index (χ2v) is 3.68. The maximum atomic E-state index is 11.8. The van der Waals surface area contributed by atoms with Crippen molar-refractivity contribution in [2.24, 2.45) is 0 Å². The van der Waals surface area contributed by atoms with E-state index in [4.69, 9.17) is 0 Å². The Labute approximate surface area is 87.5 Å². The first kappa shape index (κ1) is 13.2. The van der Waals surface area contributed by atoms with Crippen LogP contribution in [0.3, 0.4) is 0 Å². The number of amides is 2. The Morgan fingerprint density at radius 1 is 1.00 bits per heavy atom. The van der Waals surface area contributed by atoms with Gasteiger partial charge in [0, 0.05) is 33.2 Å². The van der Waals surface area contributed by atoms with Gasteiger partial charge in [-0.25, -0.2) is 4.79 Å². The van der Waals surface area contributed by atoms with E-state index < -0.39 is 0 Å². The minimum atomic E-state index is 0.122. The fourth-order valence-electron chi connectivity index (χ4n) is 1.18. The van der Waals surface area contributed by atoms with Crippen LogP contribution < -0.4 is 0 Å². The summed E-state index contributed by atoms with van der Waals surface area (Å²) >= 11 is 0. The van der Waals surface area contributed by atoms with Gasteiger partial charge in [-0.2, -0.15) is 0 Å². The monoisotopic (exact) mass is 201 g/mol. The zero-order valence-electron chi connectivity index (χ0n) is 10.1. The molecule has 4 nitrogen and oxygen atoms in total. The largest absolute Gasteiger partial charge is 0.326 e. The molecule has 0 saturated heterocycles. The van der Waals surface area contributed by atoms with Gasteiger partial charge in [0.25, 0.3) is 0 Å². The average Bonchev–Trinajstić information content (AvgIpc) is 2.15. The van der Waals surface area contributed by atoms with Crippen molar-refractivity contribution in [2.75, 3.05) is 47.3 Å². The summed E-state index contributed by atoms with van der Waals surface area (Å²) in [7, 11) is 5.87. The van der Waals surface area contributed by atoms with Crippen molar-refractivity contribution < 1.29 is 4.79 Å². The lowest BCUT2D eigenvalue weighted by atomic mass is 10.5. The summed E-state index contributed by atoms with van der Waals surface area (Å²) in [6.07, 6.45) is 0. The van der Waals surface area contributed by atoms with E-state index in [1.807, 2.05) is 39.9 Å². The van der Waals surface area contributed by atoms with Gasteiger partial charge in [0.15, 0.2) is 0 Å². The molecule has 0 saturated carbocycles. The van der Waals surface area contributed by atoms with E-state index in [1.54, 1.807) is 4.90 Å². The molecule has 2 amide bonds. The molecule has 14 heavy (non-hydrogen) atoms. The topological polar surface area (TPSA) is 26.8 Å². The van der Waals surface area contributed by atoms with Crippen LogP contribution in [0.1, 0.15) is 13.8 Å². The van der Waals surface area contributed by atoms with Gasteiger partial charge in [0.2, 0.25) is 0 Å². The SMILES string of the molecule is CCN(CC)C(=O)N(C)CCN(C)C. The smallest absolute Gasteiger partial charge is 0.319 e. The normalized spacial score (nSPS) is 10.4. The van der Waals surface area contributed by atoms with Crippen LogP contribution in [-0.2, 0) is 0 Å². The molecule has 0 bridgehead atoms. The van der Waals surface area contributed by atoms with Crippen molar-refractivity contribution >= 4 is 6.03 Å². The van der Waals surface area contributed by atoms with Gasteiger partial charge < -0.3 is 14.7 Å². The Kier molecular flexibility index (Phi) is 6.28. The van der Waals surface area contributed by atoms with E-state index in [0.29, 0.717) is 0 Å². The first-order chi connectivity index (χ1) is 6.52. The highest BCUT2D eigenvalue weighted by atomic mass is 16.2. The van der Waals surface area contributed by atoms with E-state index in [9.17, 15) is 4.79 Å². The molecule has 0 radical (unpaired) electrons. The van der Waals surface area contributed by atoms with Gasteiger partial charge in [0.1, 0.15) is 0 Å². The lowest BCUT2D eigenvalue weighted by Crippen LogP contribution is -2.43. The third-order valence-corrected chi connectivity index (χ3v) is 2.24. The fourth-order valence-corrected chi connectivity index (χ4v) is 1.18. The second-order valence-electron chi connectivity index (χ2n) is 3.68. The third-order valence-electron chi connectivity index (χ3n) is 2.24. The van der Waals surface area contributed by atoms with Crippen LogP contribution in [0, 0.1) is 0 Å². The molecular weight excluding hydrogens is 178 g/mol. The summed E-state index contributed by atoms with van der Waals surface area (Å²) in [6.45, 7) is 7.25. The molecular formula is C10H23N3O. The van der Waals surface area contributed by atoms with E-state index in [1.165, 1.54) is 0 Å². The molecule has 0 aromatic rings. The van der Waals surface area contributed by atoms with Crippen LogP contribution in [0.4, 0.5) is 4.79 Å². The molecule has 0 N–H and O–H groups in total. The predicted molar refractivity (Wildman–Crippen MR) is 59.5 cm³/mol. The van der Waals surface area contributed by atoms with E-state index in [-0.39, 0.29) is 6.03 Å². The first-order valence-electron chi connectivity index (χ1n) is 5.17. The molecule has 0 fully saturated rings. The van der Waals surface area contributed by atoms with Gasteiger partial charge in [-0.05, 0) is 27.9 Å². The molecule has 0 heterocycles. The highest BCUT2D eigenvalue weighted by Gasteiger charge is 2.13. The molecule has 0 atom stereocenters. The molecule has 0 aromatic carbocycles. The zero-order chi connectivity index (χ0) is 11.1. The number of likely N-dealkylation sites (N-methyl/N-ethyl adjacent to an activating group) is 2. The number of hydrogen-bond acceptors (Lipinski definition) is 2. The number of carbonyl (C=O) groups is 1. The summed E-state index contributed by atoms with van der Waals surface area (Å²) in [6, 6.07) is 0.122. The van der Waals surface area contributed by atoms with Crippen molar-refractivity contribution in [1.29, 1.82) is 0 Å². The van der Waals surface area contributed by atoms with Crippen molar-refractivity contribution in [3.05, 3.63) is 0 Å². The number of carbonyl (C=O) groups excluding carboxylic acids is 1. The molecule has 0 aromatic heterocycles. The molecule has 0 rings (SSSR count). The maximum absolute atomic E-state index is 11.8. The van der Waals surface area contributed by atoms with Gasteiger partial charge in [-0.3, -0.25) is 0 Å². The standard InChI is InChI=1S/C10H23N3O/c1-6-13(7-2)10(14)12(5)9-8-11(3)4/h6-9H2,1-5H3. The van der Waals surface area contributed by atoms with Gasteiger partial charge in [0.05, 0.1) is 0 Å². The molecule has 0 aliphatic rings. The lowest BCUT2D eigenvalue weighted by molar-refractivity contribution is 0.164.